The molecule has 2 N–H and O–H groups in total. The highest BCUT2D eigenvalue weighted by molar-refractivity contribution is 5.17. The van der Waals surface area contributed by atoms with E-state index in [0.29, 0.717) is 6.42 Å². The molecule has 1 aliphatic heterocycles. The molecule has 0 aromatic carbocycles. The SMILES string of the molecule is CCCCC[C@H](O)/C=C/[C@@H]1[C@H]2C=C(CCCCCN(C)C)O[C@H]2C[C@H]1O. The monoisotopic (exact) mass is 365 g/mol. The summed E-state index contributed by atoms with van der Waals surface area (Å²) in [7, 11) is 4.23. The molecule has 1 heterocycles. The van der Waals surface area contributed by atoms with E-state index in [-0.39, 0.29) is 24.0 Å². The Balaban J connectivity index is 1.77. The summed E-state index contributed by atoms with van der Waals surface area (Å²) < 4.78 is 6.09. The van der Waals surface area contributed by atoms with E-state index in [4.69, 9.17) is 4.74 Å². The van der Waals surface area contributed by atoms with Gasteiger partial charge in [-0.05, 0) is 46.0 Å². The third kappa shape index (κ3) is 6.71. The molecule has 1 saturated carbocycles. The Bertz CT molecular complexity index is 460. The van der Waals surface area contributed by atoms with Crippen molar-refractivity contribution in [3.63, 3.8) is 0 Å². The molecule has 2 aliphatic rings. The Morgan fingerprint density at radius 3 is 2.77 bits per heavy atom. The van der Waals surface area contributed by atoms with Gasteiger partial charge >= 0.3 is 0 Å². The number of fused-ring (bicyclic) bond motifs is 1. The number of rotatable bonds is 12. The van der Waals surface area contributed by atoms with E-state index in [9.17, 15) is 10.2 Å². The number of aliphatic hydroxyl groups is 2. The minimum Gasteiger partial charge on any atom is -0.494 e. The lowest BCUT2D eigenvalue weighted by atomic mass is 9.92. The second-order valence-electron chi connectivity index (χ2n) is 8.31. The van der Waals surface area contributed by atoms with Crippen LogP contribution in [-0.2, 0) is 4.74 Å². The van der Waals surface area contributed by atoms with Gasteiger partial charge in [0.05, 0.1) is 18.0 Å². The van der Waals surface area contributed by atoms with Crippen LogP contribution in [0.1, 0.15) is 64.7 Å². The van der Waals surface area contributed by atoms with Crippen molar-refractivity contribution in [3.05, 3.63) is 24.0 Å². The fraction of sp³-hybridized carbons (Fsp3) is 0.818. The first-order chi connectivity index (χ1) is 12.5. The van der Waals surface area contributed by atoms with Gasteiger partial charge in [-0.1, -0.05) is 44.8 Å². The number of unbranched alkanes of at least 4 members (excludes halogenated alkanes) is 4. The van der Waals surface area contributed by atoms with Crippen LogP contribution in [0, 0.1) is 11.8 Å². The Kier molecular flexibility index (Phi) is 9.17. The highest BCUT2D eigenvalue weighted by atomic mass is 16.5. The molecule has 4 heteroatoms. The van der Waals surface area contributed by atoms with Crippen molar-refractivity contribution in [2.24, 2.45) is 11.8 Å². The van der Waals surface area contributed by atoms with Crippen LogP contribution < -0.4 is 0 Å². The molecule has 150 valence electrons. The van der Waals surface area contributed by atoms with Crippen molar-refractivity contribution < 1.29 is 14.9 Å². The molecule has 26 heavy (non-hydrogen) atoms. The fourth-order valence-corrected chi connectivity index (χ4v) is 4.11. The molecular weight excluding hydrogens is 326 g/mol. The number of aliphatic hydroxyl groups excluding tert-OH is 2. The van der Waals surface area contributed by atoms with Crippen molar-refractivity contribution in [1.29, 1.82) is 0 Å². The predicted molar refractivity (Wildman–Crippen MR) is 107 cm³/mol. The van der Waals surface area contributed by atoms with E-state index in [0.717, 1.165) is 44.4 Å². The van der Waals surface area contributed by atoms with Gasteiger partial charge in [0.25, 0.3) is 0 Å². The number of ether oxygens (including phenoxy) is 1. The maximum Gasteiger partial charge on any atom is 0.108 e. The zero-order valence-corrected chi connectivity index (χ0v) is 16.9. The summed E-state index contributed by atoms with van der Waals surface area (Å²) in [6, 6.07) is 0. The first kappa shape index (κ1) is 21.5. The average Bonchev–Trinajstić information content (AvgIpc) is 3.09. The molecule has 0 bridgehead atoms. The molecular formula is C22H39NO3. The van der Waals surface area contributed by atoms with Gasteiger partial charge in [-0.15, -0.1) is 0 Å². The van der Waals surface area contributed by atoms with Gasteiger partial charge < -0.3 is 19.8 Å². The van der Waals surface area contributed by atoms with Crippen molar-refractivity contribution >= 4 is 0 Å². The minimum atomic E-state index is -0.393. The summed E-state index contributed by atoms with van der Waals surface area (Å²) >= 11 is 0. The van der Waals surface area contributed by atoms with Gasteiger partial charge in [-0.2, -0.15) is 0 Å². The molecule has 0 aromatic heterocycles. The summed E-state index contributed by atoms with van der Waals surface area (Å²) in [5.74, 6) is 1.45. The Morgan fingerprint density at radius 2 is 2.04 bits per heavy atom. The molecule has 2 rings (SSSR count). The fourth-order valence-electron chi connectivity index (χ4n) is 4.11. The zero-order valence-electron chi connectivity index (χ0n) is 16.9. The van der Waals surface area contributed by atoms with Crippen LogP contribution in [0.2, 0.25) is 0 Å². The third-order valence-electron chi connectivity index (χ3n) is 5.66. The van der Waals surface area contributed by atoms with E-state index < -0.39 is 6.10 Å². The summed E-state index contributed by atoms with van der Waals surface area (Å²) in [6.45, 7) is 3.31. The lowest BCUT2D eigenvalue weighted by Gasteiger charge is -2.15. The zero-order chi connectivity index (χ0) is 18.9. The standard InChI is InChI=1S/C22H39NO3/c1-4-5-7-10-17(24)12-13-19-20-15-18(26-22(20)16-21(19)25)11-8-6-9-14-23(2)3/h12-13,15,17,19-22,24-25H,4-11,14,16H2,1-3H3/b13-12+/t17-,19+,20+,21+,22-/m0/s1. The van der Waals surface area contributed by atoms with Crippen LogP contribution in [0.3, 0.4) is 0 Å². The third-order valence-corrected chi connectivity index (χ3v) is 5.66. The van der Waals surface area contributed by atoms with Gasteiger partial charge in [0, 0.05) is 24.7 Å². The largest absolute Gasteiger partial charge is 0.494 e. The van der Waals surface area contributed by atoms with Gasteiger partial charge in [-0.25, -0.2) is 0 Å². The summed E-state index contributed by atoms with van der Waals surface area (Å²) in [6.07, 6.45) is 15.1. The summed E-state index contributed by atoms with van der Waals surface area (Å²) in [4.78, 5) is 2.23. The van der Waals surface area contributed by atoms with Crippen molar-refractivity contribution in [1.82, 2.24) is 4.90 Å². The van der Waals surface area contributed by atoms with Crippen LogP contribution in [0.25, 0.3) is 0 Å². The molecule has 4 nitrogen and oxygen atoms in total. The molecule has 1 aliphatic carbocycles. The maximum atomic E-state index is 10.4. The smallest absolute Gasteiger partial charge is 0.108 e. The average molecular weight is 366 g/mol. The van der Waals surface area contributed by atoms with E-state index in [2.05, 4.69) is 32.0 Å². The van der Waals surface area contributed by atoms with Crippen molar-refractivity contribution in [2.75, 3.05) is 20.6 Å². The van der Waals surface area contributed by atoms with Gasteiger partial charge in [-0.3, -0.25) is 0 Å². The highest BCUT2D eigenvalue weighted by Crippen LogP contribution is 2.43. The lowest BCUT2D eigenvalue weighted by molar-refractivity contribution is 0.101. The molecule has 5 atom stereocenters. The topological polar surface area (TPSA) is 52.9 Å². The number of hydrogen-bond acceptors (Lipinski definition) is 4. The Hall–Kier alpha value is -0.840. The summed E-state index contributed by atoms with van der Waals surface area (Å²) in [5.41, 5.74) is 0. The van der Waals surface area contributed by atoms with Crippen LogP contribution >= 0.6 is 0 Å². The van der Waals surface area contributed by atoms with E-state index in [1.807, 2.05) is 12.2 Å². The molecule has 0 radical (unpaired) electrons. The van der Waals surface area contributed by atoms with Crippen LogP contribution in [0.5, 0.6) is 0 Å². The summed E-state index contributed by atoms with van der Waals surface area (Å²) in [5, 5.41) is 20.5. The van der Waals surface area contributed by atoms with Gasteiger partial charge in [0.2, 0.25) is 0 Å². The quantitative estimate of drug-likeness (QED) is 0.407. The molecule has 0 spiro atoms. The molecule has 0 amide bonds. The Morgan fingerprint density at radius 1 is 1.23 bits per heavy atom. The molecule has 0 unspecified atom stereocenters. The molecule has 0 saturated heterocycles. The normalized spacial score (nSPS) is 29.2. The number of nitrogens with zero attached hydrogens (tertiary/aromatic N) is 1. The van der Waals surface area contributed by atoms with Crippen molar-refractivity contribution in [3.8, 4) is 0 Å². The second kappa shape index (κ2) is 11.1. The van der Waals surface area contributed by atoms with Crippen LogP contribution in [0.4, 0.5) is 0 Å². The van der Waals surface area contributed by atoms with Crippen LogP contribution in [-0.4, -0.2) is 54.1 Å². The van der Waals surface area contributed by atoms with E-state index in [1.165, 1.54) is 19.3 Å². The van der Waals surface area contributed by atoms with E-state index >= 15 is 0 Å². The van der Waals surface area contributed by atoms with E-state index in [1.54, 1.807) is 0 Å². The second-order valence-corrected chi connectivity index (χ2v) is 8.31. The van der Waals surface area contributed by atoms with Crippen LogP contribution in [0.15, 0.2) is 24.0 Å². The number of allylic oxidation sites excluding steroid dienone is 1. The highest BCUT2D eigenvalue weighted by Gasteiger charge is 2.44. The van der Waals surface area contributed by atoms with Gasteiger partial charge in [0.15, 0.2) is 0 Å². The first-order valence-corrected chi connectivity index (χ1v) is 10.6. The molecule has 0 aromatic rings. The minimum absolute atomic E-state index is 0.0760. The Labute approximate surface area is 159 Å². The van der Waals surface area contributed by atoms with Crippen molar-refractivity contribution in [2.45, 2.75) is 83.0 Å². The van der Waals surface area contributed by atoms with Gasteiger partial charge in [0.1, 0.15) is 6.10 Å². The molecule has 1 fully saturated rings. The lowest BCUT2D eigenvalue weighted by Crippen LogP contribution is -2.17. The number of hydrogen-bond donors (Lipinski definition) is 2. The predicted octanol–water partition coefficient (Wildman–Crippen LogP) is 3.89. The maximum absolute atomic E-state index is 10.4. The first-order valence-electron chi connectivity index (χ1n) is 10.6.